The summed E-state index contributed by atoms with van der Waals surface area (Å²) in [6.45, 7) is 4.86. The van der Waals surface area contributed by atoms with Gasteiger partial charge in [-0.2, -0.15) is 0 Å². The van der Waals surface area contributed by atoms with Gasteiger partial charge in [0.1, 0.15) is 5.41 Å². The minimum atomic E-state index is -0.833. The number of amides is 1. The smallest absolute Gasteiger partial charge is 0.234 e. The molecule has 1 atom stereocenters. The predicted molar refractivity (Wildman–Crippen MR) is 68.4 cm³/mol. The summed E-state index contributed by atoms with van der Waals surface area (Å²) in [5.74, 6) is -0.150. The Kier molecular flexibility index (Phi) is 5.40. The van der Waals surface area contributed by atoms with Crippen molar-refractivity contribution in [1.29, 1.82) is 0 Å². The van der Waals surface area contributed by atoms with Crippen molar-refractivity contribution in [3.63, 3.8) is 0 Å². The van der Waals surface area contributed by atoms with Crippen LogP contribution in [0.3, 0.4) is 0 Å². The summed E-state index contributed by atoms with van der Waals surface area (Å²) in [7, 11) is 0. The molecule has 0 aromatic heterocycles. The number of ether oxygens (including phenoxy) is 1. The van der Waals surface area contributed by atoms with Crippen molar-refractivity contribution in [3.05, 3.63) is 0 Å². The lowest BCUT2D eigenvalue weighted by Crippen LogP contribution is -2.49. The lowest BCUT2D eigenvalue weighted by Gasteiger charge is -2.26. The van der Waals surface area contributed by atoms with E-state index in [0.29, 0.717) is 26.0 Å². The highest BCUT2D eigenvalue weighted by Crippen LogP contribution is 2.38. The van der Waals surface area contributed by atoms with Gasteiger partial charge in [0.15, 0.2) is 5.84 Å². The summed E-state index contributed by atoms with van der Waals surface area (Å²) in [6, 6.07) is 0. The second-order valence-electron chi connectivity index (χ2n) is 4.75. The van der Waals surface area contributed by atoms with Crippen LogP contribution in [0.2, 0.25) is 0 Å². The highest BCUT2D eigenvalue weighted by atomic mass is 16.5. The highest BCUT2D eigenvalue weighted by molar-refractivity contribution is 6.07. The predicted octanol–water partition coefficient (Wildman–Crippen LogP) is 0.834. The Labute approximate surface area is 108 Å². The van der Waals surface area contributed by atoms with E-state index in [0.717, 1.165) is 12.8 Å². The third-order valence-corrected chi connectivity index (χ3v) is 3.49. The van der Waals surface area contributed by atoms with Crippen LogP contribution in [0, 0.1) is 5.41 Å². The molecule has 0 saturated heterocycles. The van der Waals surface area contributed by atoms with Gasteiger partial charge in [-0.3, -0.25) is 4.79 Å². The van der Waals surface area contributed by atoms with Gasteiger partial charge < -0.3 is 21.0 Å². The largest absolute Gasteiger partial charge is 0.409 e. The third kappa shape index (κ3) is 3.13. The molecule has 1 fully saturated rings. The van der Waals surface area contributed by atoms with Crippen LogP contribution >= 0.6 is 0 Å². The lowest BCUT2D eigenvalue weighted by atomic mass is 9.84. The fraction of sp³-hybridized carbons (Fsp3) is 0.833. The fourth-order valence-corrected chi connectivity index (χ4v) is 2.42. The van der Waals surface area contributed by atoms with Gasteiger partial charge in [-0.05, 0) is 26.7 Å². The standard InChI is InChI=1S/C12H23N3O3/c1-3-18-9(2)8-14-11(16)12(10(13)15-17)6-4-5-7-12/h9,17H,3-8H2,1-2H3,(H2,13,15)(H,14,16). The van der Waals surface area contributed by atoms with Crippen molar-refractivity contribution in [2.45, 2.75) is 45.6 Å². The number of rotatable bonds is 6. The van der Waals surface area contributed by atoms with Gasteiger partial charge in [0.25, 0.3) is 0 Å². The molecule has 104 valence electrons. The molecule has 0 aromatic carbocycles. The van der Waals surface area contributed by atoms with Crippen LogP contribution in [0.5, 0.6) is 0 Å². The number of carbonyl (C=O) groups excluding carboxylic acids is 1. The number of nitrogens with one attached hydrogen (secondary N) is 1. The molecule has 1 aliphatic carbocycles. The second kappa shape index (κ2) is 6.58. The minimum absolute atomic E-state index is 0.0153. The molecular formula is C12H23N3O3. The maximum Gasteiger partial charge on any atom is 0.234 e. The van der Waals surface area contributed by atoms with Crippen molar-refractivity contribution >= 4 is 11.7 Å². The van der Waals surface area contributed by atoms with Crippen LogP contribution in [0.15, 0.2) is 5.16 Å². The SMILES string of the molecule is CCOC(C)CNC(=O)C1(C(N)=NO)CCCC1. The highest BCUT2D eigenvalue weighted by Gasteiger charge is 2.45. The topological polar surface area (TPSA) is 96.9 Å². The molecule has 0 heterocycles. The summed E-state index contributed by atoms with van der Waals surface area (Å²) < 4.78 is 5.35. The first-order valence-electron chi connectivity index (χ1n) is 6.44. The molecule has 1 rings (SSSR count). The molecule has 0 bridgehead atoms. The Balaban J connectivity index is 2.62. The molecule has 6 nitrogen and oxygen atoms in total. The Morgan fingerprint density at radius 2 is 2.17 bits per heavy atom. The molecular weight excluding hydrogens is 234 g/mol. The average Bonchev–Trinajstić information content (AvgIpc) is 2.86. The fourth-order valence-electron chi connectivity index (χ4n) is 2.42. The number of oxime groups is 1. The van der Waals surface area contributed by atoms with Gasteiger partial charge in [-0.25, -0.2) is 0 Å². The summed E-state index contributed by atoms with van der Waals surface area (Å²) in [4.78, 5) is 12.2. The van der Waals surface area contributed by atoms with E-state index in [2.05, 4.69) is 10.5 Å². The molecule has 4 N–H and O–H groups in total. The normalized spacial score (nSPS) is 20.7. The first kappa shape index (κ1) is 14.8. The molecule has 0 radical (unpaired) electrons. The molecule has 18 heavy (non-hydrogen) atoms. The van der Waals surface area contributed by atoms with Gasteiger partial charge in [-0.15, -0.1) is 0 Å². The third-order valence-electron chi connectivity index (χ3n) is 3.49. The van der Waals surface area contributed by atoms with Gasteiger partial charge in [0.2, 0.25) is 5.91 Å². The summed E-state index contributed by atoms with van der Waals surface area (Å²) in [5, 5.41) is 14.7. The van der Waals surface area contributed by atoms with Gasteiger partial charge in [-0.1, -0.05) is 18.0 Å². The van der Waals surface area contributed by atoms with Gasteiger partial charge in [0, 0.05) is 13.2 Å². The summed E-state index contributed by atoms with van der Waals surface area (Å²) >= 11 is 0. The number of hydrogen-bond acceptors (Lipinski definition) is 4. The zero-order valence-electron chi connectivity index (χ0n) is 11.1. The Morgan fingerprint density at radius 1 is 1.56 bits per heavy atom. The van der Waals surface area contributed by atoms with Crippen molar-refractivity contribution in [1.82, 2.24) is 5.32 Å². The number of hydrogen-bond donors (Lipinski definition) is 3. The van der Waals surface area contributed by atoms with E-state index >= 15 is 0 Å². The lowest BCUT2D eigenvalue weighted by molar-refractivity contribution is -0.128. The maximum absolute atomic E-state index is 12.2. The molecule has 1 unspecified atom stereocenters. The first-order chi connectivity index (χ1) is 8.56. The summed E-state index contributed by atoms with van der Waals surface area (Å²) in [6.07, 6.45) is 3.08. The van der Waals surface area contributed by atoms with Crippen molar-refractivity contribution in [2.75, 3.05) is 13.2 Å². The molecule has 1 aliphatic rings. The van der Waals surface area contributed by atoms with E-state index in [1.54, 1.807) is 0 Å². The van der Waals surface area contributed by atoms with Crippen molar-refractivity contribution in [3.8, 4) is 0 Å². The number of nitrogens with zero attached hydrogens (tertiary/aromatic N) is 1. The van der Waals surface area contributed by atoms with Crippen LogP contribution in [0.1, 0.15) is 39.5 Å². The van der Waals surface area contributed by atoms with Gasteiger partial charge >= 0.3 is 0 Å². The number of nitrogens with two attached hydrogens (primary N) is 1. The van der Waals surface area contributed by atoms with E-state index in [9.17, 15) is 4.79 Å². The summed E-state index contributed by atoms with van der Waals surface area (Å²) in [5.41, 5.74) is 4.85. The molecule has 0 aliphatic heterocycles. The van der Waals surface area contributed by atoms with Crippen LogP contribution in [-0.2, 0) is 9.53 Å². The minimum Gasteiger partial charge on any atom is -0.409 e. The monoisotopic (exact) mass is 257 g/mol. The Bertz CT molecular complexity index is 312. The van der Waals surface area contributed by atoms with Crippen LogP contribution in [0.25, 0.3) is 0 Å². The first-order valence-corrected chi connectivity index (χ1v) is 6.44. The van der Waals surface area contributed by atoms with Gasteiger partial charge in [0.05, 0.1) is 6.10 Å². The molecule has 6 heteroatoms. The average molecular weight is 257 g/mol. The maximum atomic E-state index is 12.2. The molecule has 1 saturated carbocycles. The zero-order chi connectivity index (χ0) is 13.6. The second-order valence-corrected chi connectivity index (χ2v) is 4.75. The van der Waals surface area contributed by atoms with E-state index in [4.69, 9.17) is 15.7 Å². The zero-order valence-corrected chi connectivity index (χ0v) is 11.1. The molecule has 0 aromatic rings. The van der Waals surface area contributed by atoms with Crippen LogP contribution in [-0.4, -0.2) is 36.2 Å². The van der Waals surface area contributed by atoms with E-state index in [-0.39, 0.29) is 17.8 Å². The molecule has 1 amide bonds. The number of carbonyl (C=O) groups is 1. The van der Waals surface area contributed by atoms with Crippen molar-refractivity contribution in [2.24, 2.45) is 16.3 Å². The molecule has 0 spiro atoms. The van der Waals surface area contributed by atoms with E-state index in [1.807, 2.05) is 13.8 Å². The van der Waals surface area contributed by atoms with Crippen LogP contribution in [0.4, 0.5) is 0 Å². The number of amidine groups is 1. The Hall–Kier alpha value is -1.30. The van der Waals surface area contributed by atoms with E-state index < -0.39 is 5.41 Å². The Morgan fingerprint density at radius 3 is 2.67 bits per heavy atom. The quantitative estimate of drug-likeness (QED) is 0.284. The van der Waals surface area contributed by atoms with Crippen LogP contribution < -0.4 is 11.1 Å². The van der Waals surface area contributed by atoms with Crippen molar-refractivity contribution < 1.29 is 14.7 Å². The van der Waals surface area contributed by atoms with E-state index in [1.165, 1.54) is 0 Å².